The number of nitrogens with one attached hydrogen (secondary N) is 1. The predicted octanol–water partition coefficient (Wildman–Crippen LogP) is 3.85. The van der Waals surface area contributed by atoms with Crippen molar-refractivity contribution in [3.8, 4) is 0 Å². The Morgan fingerprint density at radius 3 is 2.68 bits per heavy atom. The lowest BCUT2D eigenvalue weighted by Crippen LogP contribution is -2.25. The van der Waals surface area contributed by atoms with Gasteiger partial charge in [-0.05, 0) is 49.4 Å². The molecule has 1 aromatic rings. The van der Waals surface area contributed by atoms with Gasteiger partial charge in [0.2, 0.25) is 0 Å². The fourth-order valence-corrected chi connectivity index (χ4v) is 2.30. The first kappa shape index (κ1) is 16.1. The Morgan fingerprint density at radius 2 is 2.11 bits per heavy atom. The van der Waals surface area contributed by atoms with E-state index in [1.807, 2.05) is 19.1 Å². The van der Waals surface area contributed by atoms with Gasteiger partial charge in [-0.25, -0.2) is 4.39 Å². The Balaban J connectivity index is 2.79. The molecule has 2 nitrogen and oxygen atoms in total. The molecule has 0 saturated carbocycles. The Kier molecular flexibility index (Phi) is 7.03. The van der Waals surface area contributed by atoms with Crippen LogP contribution in [0.15, 0.2) is 18.2 Å². The minimum atomic E-state index is -0.136. The molecule has 2 unspecified atom stereocenters. The van der Waals surface area contributed by atoms with Crippen molar-refractivity contribution in [2.45, 2.75) is 39.7 Å². The highest BCUT2D eigenvalue weighted by Gasteiger charge is 2.15. The molecular weight excluding hydrogens is 241 g/mol. The second kappa shape index (κ2) is 8.28. The van der Waals surface area contributed by atoms with E-state index in [4.69, 9.17) is 4.74 Å². The standard InChI is InChI=1S/C16H26FNO/c1-5-8-18-16(9-12(2)11-19-4)14-6-7-15(17)13(3)10-14/h6-7,10,12,16,18H,5,8-9,11H2,1-4H3. The van der Waals surface area contributed by atoms with Crippen LogP contribution in [0.25, 0.3) is 0 Å². The molecule has 1 N–H and O–H groups in total. The molecule has 0 heterocycles. The van der Waals surface area contributed by atoms with Crippen molar-refractivity contribution in [3.63, 3.8) is 0 Å². The molecule has 2 atom stereocenters. The monoisotopic (exact) mass is 267 g/mol. The summed E-state index contributed by atoms with van der Waals surface area (Å²) in [5, 5.41) is 3.54. The molecular formula is C16H26FNO. The predicted molar refractivity (Wildman–Crippen MR) is 77.8 cm³/mol. The van der Waals surface area contributed by atoms with Gasteiger partial charge in [0.05, 0.1) is 0 Å². The van der Waals surface area contributed by atoms with Crippen LogP contribution in [0.1, 0.15) is 43.9 Å². The van der Waals surface area contributed by atoms with Gasteiger partial charge in [0.25, 0.3) is 0 Å². The smallest absolute Gasteiger partial charge is 0.126 e. The highest BCUT2D eigenvalue weighted by atomic mass is 19.1. The van der Waals surface area contributed by atoms with Crippen LogP contribution in [-0.2, 0) is 4.74 Å². The Labute approximate surface area is 116 Å². The van der Waals surface area contributed by atoms with Gasteiger partial charge in [0, 0.05) is 19.8 Å². The van der Waals surface area contributed by atoms with Crippen molar-refractivity contribution in [2.75, 3.05) is 20.3 Å². The lowest BCUT2D eigenvalue weighted by atomic mass is 9.95. The molecule has 0 aliphatic heterocycles. The van der Waals surface area contributed by atoms with Crippen LogP contribution < -0.4 is 5.32 Å². The number of aryl methyl sites for hydroxylation is 1. The van der Waals surface area contributed by atoms with Crippen molar-refractivity contribution in [2.24, 2.45) is 5.92 Å². The topological polar surface area (TPSA) is 21.3 Å². The van der Waals surface area contributed by atoms with Crippen molar-refractivity contribution in [1.29, 1.82) is 0 Å². The maximum absolute atomic E-state index is 13.4. The normalized spacial score (nSPS) is 14.4. The first-order valence-electron chi connectivity index (χ1n) is 7.06. The van der Waals surface area contributed by atoms with E-state index < -0.39 is 0 Å². The molecule has 0 saturated heterocycles. The average Bonchev–Trinajstić information content (AvgIpc) is 2.38. The summed E-state index contributed by atoms with van der Waals surface area (Å²) in [6, 6.07) is 5.66. The van der Waals surface area contributed by atoms with Crippen molar-refractivity contribution in [1.82, 2.24) is 5.32 Å². The lowest BCUT2D eigenvalue weighted by Gasteiger charge is -2.23. The first-order valence-corrected chi connectivity index (χ1v) is 7.06. The zero-order valence-corrected chi connectivity index (χ0v) is 12.5. The molecule has 0 radical (unpaired) electrons. The number of rotatable bonds is 8. The number of benzene rings is 1. The number of ether oxygens (including phenoxy) is 1. The largest absolute Gasteiger partial charge is 0.384 e. The molecule has 0 amide bonds. The van der Waals surface area contributed by atoms with E-state index in [-0.39, 0.29) is 11.9 Å². The lowest BCUT2D eigenvalue weighted by molar-refractivity contribution is 0.149. The number of methoxy groups -OCH3 is 1. The van der Waals surface area contributed by atoms with Gasteiger partial charge in [-0.3, -0.25) is 0 Å². The van der Waals surface area contributed by atoms with Crippen LogP contribution in [0.3, 0.4) is 0 Å². The van der Waals surface area contributed by atoms with Crippen LogP contribution in [-0.4, -0.2) is 20.3 Å². The molecule has 0 fully saturated rings. The fraction of sp³-hybridized carbons (Fsp3) is 0.625. The van der Waals surface area contributed by atoms with Gasteiger partial charge < -0.3 is 10.1 Å². The van der Waals surface area contributed by atoms with E-state index in [9.17, 15) is 4.39 Å². The van der Waals surface area contributed by atoms with E-state index in [0.29, 0.717) is 11.5 Å². The van der Waals surface area contributed by atoms with Crippen LogP contribution in [0.2, 0.25) is 0 Å². The summed E-state index contributed by atoms with van der Waals surface area (Å²) >= 11 is 0. The maximum Gasteiger partial charge on any atom is 0.126 e. The summed E-state index contributed by atoms with van der Waals surface area (Å²) in [4.78, 5) is 0. The summed E-state index contributed by atoms with van der Waals surface area (Å²) in [5.41, 5.74) is 1.87. The van der Waals surface area contributed by atoms with E-state index in [1.165, 1.54) is 0 Å². The zero-order chi connectivity index (χ0) is 14.3. The summed E-state index contributed by atoms with van der Waals surface area (Å²) < 4.78 is 18.6. The summed E-state index contributed by atoms with van der Waals surface area (Å²) in [6.45, 7) is 7.87. The molecule has 19 heavy (non-hydrogen) atoms. The minimum Gasteiger partial charge on any atom is -0.384 e. The molecule has 0 aromatic heterocycles. The van der Waals surface area contributed by atoms with Crippen molar-refractivity contribution < 1.29 is 9.13 Å². The Morgan fingerprint density at radius 1 is 1.37 bits per heavy atom. The van der Waals surface area contributed by atoms with E-state index in [1.54, 1.807) is 13.2 Å². The van der Waals surface area contributed by atoms with Gasteiger partial charge in [-0.15, -0.1) is 0 Å². The molecule has 108 valence electrons. The minimum absolute atomic E-state index is 0.136. The highest BCUT2D eigenvalue weighted by Crippen LogP contribution is 2.23. The molecule has 3 heteroatoms. The van der Waals surface area contributed by atoms with Crippen LogP contribution in [0.4, 0.5) is 4.39 Å². The Hall–Kier alpha value is -0.930. The number of hydrogen-bond acceptors (Lipinski definition) is 2. The van der Waals surface area contributed by atoms with Gasteiger partial charge in [-0.2, -0.15) is 0 Å². The van der Waals surface area contributed by atoms with Gasteiger partial charge in [0.1, 0.15) is 5.82 Å². The van der Waals surface area contributed by atoms with Crippen LogP contribution >= 0.6 is 0 Å². The van der Waals surface area contributed by atoms with Crippen molar-refractivity contribution >= 4 is 0 Å². The van der Waals surface area contributed by atoms with Gasteiger partial charge >= 0.3 is 0 Å². The zero-order valence-electron chi connectivity index (χ0n) is 12.5. The van der Waals surface area contributed by atoms with Gasteiger partial charge in [0.15, 0.2) is 0 Å². The summed E-state index contributed by atoms with van der Waals surface area (Å²) in [7, 11) is 1.73. The third-order valence-corrected chi connectivity index (χ3v) is 3.31. The van der Waals surface area contributed by atoms with E-state index in [0.717, 1.165) is 31.6 Å². The highest BCUT2D eigenvalue weighted by molar-refractivity contribution is 5.26. The van der Waals surface area contributed by atoms with E-state index in [2.05, 4.69) is 19.2 Å². The second-order valence-electron chi connectivity index (χ2n) is 5.31. The maximum atomic E-state index is 13.4. The number of hydrogen-bond donors (Lipinski definition) is 1. The molecule has 0 aliphatic carbocycles. The first-order chi connectivity index (χ1) is 9.08. The molecule has 1 aromatic carbocycles. The Bertz CT molecular complexity index is 381. The van der Waals surface area contributed by atoms with Gasteiger partial charge in [-0.1, -0.05) is 26.0 Å². The SMILES string of the molecule is CCCNC(CC(C)COC)c1ccc(F)c(C)c1. The third-order valence-electron chi connectivity index (χ3n) is 3.31. The van der Waals surface area contributed by atoms with E-state index >= 15 is 0 Å². The quantitative estimate of drug-likeness (QED) is 0.772. The van der Waals surface area contributed by atoms with Crippen LogP contribution in [0.5, 0.6) is 0 Å². The van der Waals surface area contributed by atoms with Crippen LogP contribution in [0, 0.1) is 18.7 Å². The molecule has 0 aliphatic rings. The molecule has 0 spiro atoms. The molecule has 1 rings (SSSR count). The molecule has 0 bridgehead atoms. The average molecular weight is 267 g/mol. The third kappa shape index (κ3) is 5.29. The fourth-order valence-electron chi connectivity index (χ4n) is 2.30. The van der Waals surface area contributed by atoms with Crippen molar-refractivity contribution in [3.05, 3.63) is 35.1 Å². The summed E-state index contributed by atoms with van der Waals surface area (Å²) in [6.07, 6.45) is 2.09. The number of halogens is 1. The second-order valence-corrected chi connectivity index (χ2v) is 5.31. The summed E-state index contributed by atoms with van der Waals surface area (Å²) in [5.74, 6) is 0.340.